The van der Waals surface area contributed by atoms with Crippen LogP contribution in [0.25, 0.3) is 10.9 Å². The van der Waals surface area contributed by atoms with Gasteiger partial charge in [-0.2, -0.15) is 0 Å². The molecule has 2 aromatic rings. The van der Waals surface area contributed by atoms with E-state index in [2.05, 4.69) is 55.5 Å². The highest BCUT2D eigenvalue weighted by molar-refractivity contribution is 5.84. The third-order valence-electron chi connectivity index (χ3n) is 3.45. The maximum atomic E-state index is 3.35. The predicted octanol–water partition coefficient (Wildman–Crippen LogP) is 3.18. The molecule has 16 heavy (non-hydrogen) atoms. The molecule has 0 amide bonds. The minimum Gasteiger partial charge on any atom is -0.361 e. The third-order valence-corrected chi connectivity index (χ3v) is 3.45. The number of fused-ring (bicyclic) bond motifs is 1. The quantitative estimate of drug-likeness (QED) is 0.810. The summed E-state index contributed by atoms with van der Waals surface area (Å²) in [5.41, 5.74) is 3.95. The first-order valence-electron chi connectivity index (χ1n) is 5.88. The highest BCUT2D eigenvalue weighted by Gasteiger charge is 2.21. The summed E-state index contributed by atoms with van der Waals surface area (Å²) in [7, 11) is 2.00. The second-order valence-corrected chi connectivity index (χ2v) is 4.81. The van der Waals surface area contributed by atoms with Crippen molar-refractivity contribution in [3.63, 3.8) is 0 Å². The molecule has 0 bridgehead atoms. The number of H-pyrrole nitrogens is 1. The van der Waals surface area contributed by atoms with Crippen LogP contribution < -0.4 is 5.32 Å². The Morgan fingerprint density at radius 3 is 2.69 bits per heavy atom. The summed E-state index contributed by atoms with van der Waals surface area (Å²) in [5.74, 6) is 0. The SMILES string of the molecule is CCc1ccc2[nH]cc(C(C)(C)NC)c2c1. The van der Waals surface area contributed by atoms with Crippen LogP contribution in [0.5, 0.6) is 0 Å². The molecule has 86 valence electrons. The zero-order valence-corrected chi connectivity index (χ0v) is 10.5. The lowest BCUT2D eigenvalue weighted by Gasteiger charge is -2.23. The van der Waals surface area contributed by atoms with Gasteiger partial charge in [0.15, 0.2) is 0 Å². The van der Waals surface area contributed by atoms with Crippen molar-refractivity contribution in [1.29, 1.82) is 0 Å². The molecule has 0 aliphatic rings. The maximum absolute atomic E-state index is 3.35. The first-order chi connectivity index (χ1) is 7.58. The van der Waals surface area contributed by atoms with Gasteiger partial charge in [0, 0.05) is 22.6 Å². The van der Waals surface area contributed by atoms with Crippen molar-refractivity contribution < 1.29 is 0 Å². The maximum Gasteiger partial charge on any atom is 0.0457 e. The van der Waals surface area contributed by atoms with Crippen molar-refractivity contribution in [2.24, 2.45) is 0 Å². The van der Waals surface area contributed by atoms with Crippen molar-refractivity contribution in [3.05, 3.63) is 35.5 Å². The molecule has 2 N–H and O–H groups in total. The van der Waals surface area contributed by atoms with E-state index in [1.807, 2.05) is 7.05 Å². The Balaban J connectivity index is 2.62. The molecule has 1 aromatic heterocycles. The van der Waals surface area contributed by atoms with Crippen molar-refractivity contribution in [2.45, 2.75) is 32.7 Å². The third kappa shape index (κ3) is 1.74. The molecule has 0 atom stereocenters. The molecule has 1 heterocycles. The normalized spacial score (nSPS) is 12.2. The molecule has 2 nitrogen and oxygen atoms in total. The van der Waals surface area contributed by atoms with E-state index in [0.29, 0.717) is 0 Å². The van der Waals surface area contributed by atoms with Gasteiger partial charge in [-0.05, 0) is 50.6 Å². The molecule has 0 spiro atoms. The molecule has 1 aromatic carbocycles. The number of aromatic amines is 1. The molecule has 0 saturated carbocycles. The van der Waals surface area contributed by atoms with Crippen LogP contribution in [0, 0.1) is 0 Å². The smallest absolute Gasteiger partial charge is 0.0457 e. The van der Waals surface area contributed by atoms with E-state index in [-0.39, 0.29) is 5.54 Å². The fraction of sp³-hybridized carbons (Fsp3) is 0.429. The monoisotopic (exact) mass is 216 g/mol. The van der Waals surface area contributed by atoms with Crippen LogP contribution in [0.1, 0.15) is 31.9 Å². The van der Waals surface area contributed by atoms with Gasteiger partial charge in [-0.15, -0.1) is 0 Å². The number of nitrogens with one attached hydrogen (secondary N) is 2. The number of aryl methyl sites for hydroxylation is 1. The Morgan fingerprint density at radius 1 is 1.31 bits per heavy atom. The zero-order valence-electron chi connectivity index (χ0n) is 10.5. The number of rotatable bonds is 3. The first kappa shape index (κ1) is 11.2. The van der Waals surface area contributed by atoms with Crippen LogP contribution in [-0.2, 0) is 12.0 Å². The number of benzene rings is 1. The van der Waals surface area contributed by atoms with Crippen LogP contribution in [0.15, 0.2) is 24.4 Å². The van der Waals surface area contributed by atoms with E-state index in [1.165, 1.54) is 22.0 Å². The molecule has 0 unspecified atom stereocenters. The van der Waals surface area contributed by atoms with Crippen LogP contribution in [0.4, 0.5) is 0 Å². The predicted molar refractivity (Wildman–Crippen MR) is 69.8 cm³/mol. The fourth-order valence-electron chi connectivity index (χ4n) is 2.04. The Labute approximate surface area is 97.1 Å². The molecule has 2 heteroatoms. The number of hydrogen-bond acceptors (Lipinski definition) is 1. The van der Waals surface area contributed by atoms with Gasteiger partial charge < -0.3 is 10.3 Å². The van der Waals surface area contributed by atoms with Gasteiger partial charge in [0.1, 0.15) is 0 Å². The van der Waals surface area contributed by atoms with Gasteiger partial charge in [0.05, 0.1) is 0 Å². The molecule has 0 aliphatic heterocycles. The molecular weight excluding hydrogens is 196 g/mol. The van der Waals surface area contributed by atoms with Gasteiger partial charge in [-0.25, -0.2) is 0 Å². The Morgan fingerprint density at radius 2 is 2.06 bits per heavy atom. The van der Waals surface area contributed by atoms with Crippen molar-refractivity contribution in [3.8, 4) is 0 Å². The topological polar surface area (TPSA) is 27.8 Å². The van der Waals surface area contributed by atoms with E-state index in [0.717, 1.165) is 6.42 Å². The van der Waals surface area contributed by atoms with Gasteiger partial charge in [-0.3, -0.25) is 0 Å². The van der Waals surface area contributed by atoms with E-state index in [1.54, 1.807) is 0 Å². The minimum absolute atomic E-state index is 0.00458. The van der Waals surface area contributed by atoms with Crippen molar-refractivity contribution in [1.82, 2.24) is 10.3 Å². The average Bonchev–Trinajstić information content (AvgIpc) is 2.72. The summed E-state index contributed by atoms with van der Waals surface area (Å²) in [6.07, 6.45) is 3.20. The molecule has 2 rings (SSSR count). The summed E-state index contributed by atoms with van der Waals surface area (Å²) in [6.45, 7) is 6.60. The Hall–Kier alpha value is -1.28. The number of hydrogen-bond donors (Lipinski definition) is 2. The Bertz CT molecular complexity index is 494. The first-order valence-corrected chi connectivity index (χ1v) is 5.88. The summed E-state index contributed by atoms with van der Waals surface area (Å²) < 4.78 is 0. The van der Waals surface area contributed by atoms with Crippen molar-refractivity contribution in [2.75, 3.05) is 7.05 Å². The van der Waals surface area contributed by atoms with E-state index in [4.69, 9.17) is 0 Å². The Kier molecular flexibility index (Phi) is 2.76. The molecule has 0 aliphatic carbocycles. The lowest BCUT2D eigenvalue weighted by molar-refractivity contribution is 0.448. The highest BCUT2D eigenvalue weighted by atomic mass is 14.9. The standard InChI is InChI=1S/C14H20N2/c1-5-10-6-7-13-11(8-10)12(9-16-13)14(2,3)15-4/h6-9,15-16H,5H2,1-4H3. The van der Waals surface area contributed by atoms with Crippen LogP contribution in [0.2, 0.25) is 0 Å². The van der Waals surface area contributed by atoms with E-state index in [9.17, 15) is 0 Å². The molecular formula is C14H20N2. The van der Waals surface area contributed by atoms with Crippen LogP contribution in [-0.4, -0.2) is 12.0 Å². The second kappa shape index (κ2) is 3.95. The summed E-state index contributed by atoms with van der Waals surface area (Å²) in [5, 5.41) is 4.69. The fourth-order valence-corrected chi connectivity index (χ4v) is 2.04. The summed E-state index contributed by atoms with van der Waals surface area (Å²) >= 11 is 0. The van der Waals surface area contributed by atoms with E-state index < -0.39 is 0 Å². The molecule has 0 fully saturated rings. The molecule has 0 saturated heterocycles. The largest absolute Gasteiger partial charge is 0.361 e. The van der Waals surface area contributed by atoms with Crippen LogP contribution >= 0.6 is 0 Å². The average molecular weight is 216 g/mol. The minimum atomic E-state index is 0.00458. The lowest BCUT2D eigenvalue weighted by Crippen LogP contribution is -2.32. The van der Waals surface area contributed by atoms with Crippen molar-refractivity contribution >= 4 is 10.9 Å². The second-order valence-electron chi connectivity index (χ2n) is 4.81. The van der Waals surface area contributed by atoms with E-state index >= 15 is 0 Å². The number of aromatic nitrogens is 1. The van der Waals surface area contributed by atoms with Gasteiger partial charge >= 0.3 is 0 Å². The summed E-state index contributed by atoms with van der Waals surface area (Å²) in [6, 6.07) is 6.65. The molecule has 0 radical (unpaired) electrons. The van der Waals surface area contributed by atoms with Gasteiger partial charge in [0.2, 0.25) is 0 Å². The van der Waals surface area contributed by atoms with Gasteiger partial charge in [0.25, 0.3) is 0 Å². The lowest BCUT2D eigenvalue weighted by atomic mass is 9.93. The zero-order chi connectivity index (χ0) is 11.8. The van der Waals surface area contributed by atoms with Crippen LogP contribution in [0.3, 0.4) is 0 Å². The summed E-state index contributed by atoms with van der Waals surface area (Å²) in [4.78, 5) is 3.34. The van der Waals surface area contributed by atoms with Gasteiger partial charge in [-0.1, -0.05) is 13.0 Å². The highest BCUT2D eigenvalue weighted by Crippen LogP contribution is 2.28.